The number of fused-ring (bicyclic) bond motifs is 1. The molecule has 2 heterocycles. The van der Waals surface area contributed by atoms with Crippen LogP contribution < -0.4 is 20.1 Å². The van der Waals surface area contributed by atoms with Crippen molar-refractivity contribution in [3.8, 4) is 11.5 Å². The van der Waals surface area contributed by atoms with E-state index < -0.39 is 0 Å². The zero-order valence-corrected chi connectivity index (χ0v) is 15.2. The fourth-order valence-electron chi connectivity index (χ4n) is 2.90. The maximum Gasteiger partial charge on any atom is 0.270 e. The second-order valence-corrected chi connectivity index (χ2v) is 6.33. The minimum atomic E-state index is -0.218. The first kappa shape index (κ1) is 17.8. The van der Waals surface area contributed by atoms with Crippen LogP contribution in [0.15, 0.2) is 60.9 Å². The first-order valence-electron chi connectivity index (χ1n) is 9.09. The first-order valence-corrected chi connectivity index (χ1v) is 9.09. The van der Waals surface area contributed by atoms with Crippen LogP contribution in [0, 0.1) is 0 Å². The molecule has 0 saturated heterocycles. The average molecular weight is 376 g/mol. The highest BCUT2D eigenvalue weighted by atomic mass is 16.7. The minimum Gasteiger partial charge on any atom is -0.454 e. The Morgan fingerprint density at radius 3 is 2.75 bits per heavy atom. The molecule has 0 fully saturated rings. The first-order chi connectivity index (χ1) is 13.8. The number of anilines is 2. The SMILES string of the molecule is O=C(NCCCc1ccccc1)c1cc(Nc2ccc3c(c2)OCO3)ncn1. The zero-order chi connectivity index (χ0) is 19.2. The minimum absolute atomic E-state index is 0.218. The Kier molecular flexibility index (Phi) is 5.33. The number of carbonyl (C=O) groups excluding carboxylic acids is 1. The van der Waals surface area contributed by atoms with E-state index in [1.165, 1.54) is 11.9 Å². The fourth-order valence-corrected chi connectivity index (χ4v) is 2.90. The number of rotatable bonds is 7. The summed E-state index contributed by atoms with van der Waals surface area (Å²) in [7, 11) is 0. The highest BCUT2D eigenvalue weighted by Gasteiger charge is 2.14. The molecule has 0 unspecified atom stereocenters. The predicted molar refractivity (Wildman–Crippen MR) is 105 cm³/mol. The van der Waals surface area contributed by atoms with Gasteiger partial charge in [0.15, 0.2) is 11.5 Å². The maximum absolute atomic E-state index is 12.3. The van der Waals surface area contributed by atoms with E-state index >= 15 is 0 Å². The molecule has 0 radical (unpaired) electrons. The Morgan fingerprint density at radius 1 is 1.00 bits per heavy atom. The maximum atomic E-state index is 12.3. The lowest BCUT2D eigenvalue weighted by molar-refractivity contribution is 0.0948. The van der Waals surface area contributed by atoms with Crippen molar-refractivity contribution in [2.45, 2.75) is 12.8 Å². The van der Waals surface area contributed by atoms with Crippen molar-refractivity contribution in [3.63, 3.8) is 0 Å². The van der Waals surface area contributed by atoms with Gasteiger partial charge in [0.25, 0.3) is 5.91 Å². The van der Waals surface area contributed by atoms with Crippen LogP contribution in [-0.4, -0.2) is 29.2 Å². The number of carbonyl (C=O) groups is 1. The van der Waals surface area contributed by atoms with Gasteiger partial charge >= 0.3 is 0 Å². The van der Waals surface area contributed by atoms with Gasteiger partial charge in [-0.25, -0.2) is 9.97 Å². The number of amides is 1. The molecule has 0 saturated carbocycles. The summed E-state index contributed by atoms with van der Waals surface area (Å²) in [6.45, 7) is 0.809. The molecule has 1 aliphatic heterocycles. The smallest absolute Gasteiger partial charge is 0.270 e. The number of nitrogens with zero attached hydrogens (tertiary/aromatic N) is 2. The Bertz CT molecular complexity index is 963. The van der Waals surface area contributed by atoms with Crippen LogP contribution in [0.3, 0.4) is 0 Å². The number of hydrogen-bond acceptors (Lipinski definition) is 6. The monoisotopic (exact) mass is 376 g/mol. The van der Waals surface area contributed by atoms with Gasteiger partial charge in [0.1, 0.15) is 17.8 Å². The lowest BCUT2D eigenvalue weighted by Gasteiger charge is -2.08. The van der Waals surface area contributed by atoms with Gasteiger partial charge in [-0.2, -0.15) is 0 Å². The van der Waals surface area contributed by atoms with Crippen LogP contribution in [0.1, 0.15) is 22.5 Å². The molecule has 2 N–H and O–H groups in total. The normalized spacial score (nSPS) is 11.9. The van der Waals surface area contributed by atoms with Crippen molar-refractivity contribution in [2.75, 3.05) is 18.7 Å². The van der Waals surface area contributed by atoms with Crippen molar-refractivity contribution in [1.82, 2.24) is 15.3 Å². The van der Waals surface area contributed by atoms with Crippen LogP contribution >= 0.6 is 0 Å². The van der Waals surface area contributed by atoms with Crippen molar-refractivity contribution >= 4 is 17.4 Å². The molecule has 1 amide bonds. The molecule has 1 aliphatic rings. The van der Waals surface area contributed by atoms with Crippen LogP contribution in [0.25, 0.3) is 0 Å². The second-order valence-electron chi connectivity index (χ2n) is 6.33. The van der Waals surface area contributed by atoms with E-state index in [1.54, 1.807) is 6.07 Å². The molecule has 0 bridgehead atoms. The molecule has 0 aliphatic carbocycles. The van der Waals surface area contributed by atoms with Gasteiger partial charge in [0.2, 0.25) is 6.79 Å². The van der Waals surface area contributed by atoms with Gasteiger partial charge in [0.05, 0.1) is 0 Å². The van der Waals surface area contributed by atoms with Gasteiger partial charge in [-0.05, 0) is 30.5 Å². The summed E-state index contributed by atoms with van der Waals surface area (Å²) < 4.78 is 10.7. The number of ether oxygens (including phenoxy) is 2. The zero-order valence-electron chi connectivity index (χ0n) is 15.2. The highest BCUT2D eigenvalue weighted by molar-refractivity contribution is 5.92. The van der Waals surface area contributed by atoms with Crippen LogP contribution in [0.2, 0.25) is 0 Å². The van der Waals surface area contributed by atoms with Gasteiger partial charge in [0, 0.05) is 24.4 Å². The van der Waals surface area contributed by atoms with Crippen LogP contribution in [0.5, 0.6) is 11.5 Å². The lowest BCUT2D eigenvalue weighted by atomic mass is 10.1. The molecule has 1 aromatic heterocycles. The van der Waals surface area contributed by atoms with E-state index in [1.807, 2.05) is 36.4 Å². The largest absolute Gasteiger partial charge is 0.454 e. The summed E-state index contributed by atoms with van der Waals surface area (Å²) in [4.78, 5) is 20.6. The van der Waals surface area contributed by atoms with Crippen molar-refractivity contribution in [2.24, 2.45) is 0 Å². The Labute approximate surface area is 162 Å². The summed E-state index contributed by atoms with van der Waals surface area (Å²) in [5, 5.41) is 6.05. The molecule has 142 valence electrons. The van der Waals surface area contributed by atoms with E-state index in [0.29, 0.717) is 29.6 Å². The predicted octanol–water partition coefficient (Wildman–Crippen LogP) is 3.31. The van der Waals surface area contributed by atoms with Gasteiger partial charge < -0.3 is 20.1 Å². The Morgan fingerprint density at radius 2 is 1.86 bits per heavy atom. The summed E-state index contributed by atoms with van der Waals surface area (Å²) in [5.41, 5.74) is 2.36. The van der Waals surface area contributed by atoms with Crippen LogP contribution in [-0.2, 0) is 6.42 Å². The van der Waals surface area contributed by atoms with E-state index in [9.17, 15) is 4.79 Å². The molecule has 3 aromatic rings. The highest BCUT2D eigenvalue weighted by Crippen LogP contribution is 2.34. The lowest BCUT2D eigenvalue weighted by Crippen LogP contribution is -2.25. The molecular weight excluding hydrogens is 356 g/mol. The van der Waals surface area contributed by atoms with Crippen molar-refractivity contribution in [1.29, 1.82) is 0 Å². The third-order valence-corrected chi connectivity index (χ3v) is 4.32. The average Bonchev–Trinajstić information content (AvgIpc) is 3.20. The van der Waals surface area contributed by atoms with Crippen LogP contribution in [0.4, 0.5) is 11.5 Å². The summed E-state index contributed by atoms with van der Waals surface area (Å²) in [6.07, 6.45) is 3.15. The Hall–Kier alpha value is -3.61. The molecule has 7 heteroatoms. The molecule has 28 heavy (non-hydrogen) atoms. The third kappa shape index (κ3) is 4.37. The number of benzene rings is 2. The van der Waals surface area contributed by atoms with Gasteiger partial charge in [-0.1, -0.05) is 30.3 Å². The van der Waals surface area contributed by atoms with E-state index in [2.05, 4.69) is 32.7 Å². The Balaban J connectivity index is 1.32. The third-order valence-electron chi connectivity index (χ3n) is 4.32. The summed E-state index contributed by atoms with van der Waals surface area (Å²) >= 11 is 0. The van der Waals surface area contributed by atoms with E-state index in [-0.39, 0.29) is 12.7 Å². The second kappa shape index (κ2) is 8.39. The van der Waals surface area contributed by atoms with Crippen molar-refractivity contribution < 1.29 is 14.3 Å². The molecule has 7 nitrogen and oxygen atoms in total. The number of nitrogens with one attached hydrogen (secondary N) is 2. The quantitative estimate of drug-likeness (QED) is 0.616. The topological polar surface area (TPSA) is 85.4 Å². The van der Waals surface area contributed by atoms with E-state index in [4.69, 9.17) is 9.47 Å². The van der Waals surface area contributed by atoms with Gasteiger partial charge in [-0.3, -0.25) is 4.79 Å². The number of aryl methyl sites for hydroxylation is 1. The molecular formula is C21H20N4O3. The molecule has 2 aromatic carbocycles. The summed E-state index contributed by atoms with van der Waals surface area (Å²) in [5.74, 6) is 1.70. The number of hydrogen-bond donors (Lipinski definition) is 2. The molecule has 0 atom stereocenters. The van der Waals surface area contributed by atoms with Gasteiger partial charge in [-0.15, -0.1) is 0 Å². The number of aromatic nitrogens is 2. The standard InChI is InChI=1S/C21H20N4O3/c26-21(22-10-4-7-15-5-2-1-3-6-15)17-12-20(24-13-23-17)25-16-8-9-18-19(11-16)28-14-27-18/h1-3,5-6,8-9,11-13H,4,7,10,14H2,(H,22,26)(H,23,24,25). The summed E-state index contributed by atoms with van der Waals surface area (Å²) in [6, 6.07) is 17.3. The fraction of sp³-hybridized carbons (Fsp3) is 0.190. The van der Waals surface area contributed by atoms with E-state index in [0.717, 1.165) is 18.5 Å². The molecule has 0 spiro atoms. The molecule has 4 rings (SSSR count). The van der Waals surface area contributed by atoms with Crippen molar-refractivity contribution in [3.05, 3.63) is 72.2 Å².